The number of hydrogen-bond donors (Lipinski definition) is 11. The Morgan fingerprint density at radius 3 is 2.17 bits per heavy atom. The number of phenols is 3. The van der Waals surface area contributed by atoms with Crippen LogP contribution >= 0.6 is 0 Å². The minimum Gasteiger partial charge on any atom is -0.507 e. The maximum Gasteiger partial charge on any atom is 0.305 e. The van der Waals surface area contributed by atoms with E-state index >= 15 is 0 Å². The molecule has 2 saturated heterocycles. The number of rotatable bonds is 10. The predicted molar refractivity (Wildman–Crippen MR) is 201 cm³/mol. The highest BCUT2D eigenvalue weighted by Crippen LogP contribution is 2.57. The van der Waals surface area contributed by atoms with Gasteiger partial charge in [-0.1, -0.05) is 6.07 Å². The third-order valence-electron chi connectivity index (χ3n) is 11.3. The molecule has 20 nitrogen and oxygen atoms in total. The van der Waals surface area contributed by atoms with Crippen molar-refractivity contribution in [2.75, 3.05) is 27.3 Å². The number of aliphatic carboxylic acids is 1. The Bertz CT molecular complexity index is 2260. The first-order valence-electron chi connectivity index (χ1n) is 18.8. The van der Waals surface area contributed by atoms with Crippen molar-refractivity contribution in [3.05, 3.63) is 68.8 Å². The summed E-state index contributed by atoms with van der Waals surface area (Å²) in [5, 5.41) is 104. The smallest absolute Gasteiger partial charge is 0.305 e. The van der Waals surface area contributed by atoms with Gasteiger partial charge in [0.15, 0.2) is 24.1 Å². The van der Waals surface area contributed by atoms with Crippen molar-refractivity contribution in [1.82, 2.24) is 10.6 Å². The summed E-state index contributed by atoms with van der Waals surface area (Å²) < 4.78 is 29.0. The molecule has 2 aliphatic heterocycles. The number of aryl methyl sites for hydroxylation is 1. The molecule has 20 heteroatoms. The number of aromatic hydroxyl groups is 3. The van der Waals surface area contributed by atoms with E-state index in [0.717, 1.165) is 12.1 Å². The van der Waals surface area contributed by atoms with Crippen LogP contribution in [0.3, 0.4) is 0 Å². The monoisotopic (exact) mass is 840 g/mol. The van der Waals surface area contributed by atoms with E-state index in [2.05, 4.69) is 10.6 Å². The van der Waals surface area contributed by atoms with Crippen LogP contribution in [0.1, 0.15) is 84.4 Å². The number of carbonyl (C=O) groups excluding carboxylic acids is 3. The lowest BCUT2D eigenvalue weighted by Gasteiger charge is -2.47. The molecule has 0 radical (unpaired) electrons. The molecule has 2 heterocycles. The molecule has 0 aromatic heterocycles. The summed E-state index contributed by atoms with van der Waals surface area (Å²) in [6.45, 7) is 2.29. The van der Waals surface area contributed by atoms with Crippen LogP contribution in [0.5, 0.6) is 23.0 Å². The molecular weight excluding hydrogens is 796 g/mol. The first-order valence-corrected chi connectivity index (χ1v) is 18.8. The van der Waals surface area contributed by atoms with Crippen molar-refractivity contribution in [3.63, 3.8) is 0 Å². The molecule has 1 amide bonds. The van der Waals surface area contributed by atoms with E-state index in [1.165, 1.54) is 26.2 Å². The number of amides is 1. The maximum absolute atomic E-state index is 14.1. The molecule has 0 saturated carbocycles. The fourth-order valence-corrected chi connectivity index (χ4v) is 8.34. The van der Waals surface area contributed by atoms with E-state index in [-0.39, 0.29) is 51.2 Å². The lowest BCUT2D eigenvalue weighted by Crippen LogP contribution is -2.65. The number of ketones is 2. The SMILES string of the molecule is CN[C@@H]1[C@H](O[C@@H]2OC[C@@H](O)[C@H](O)[C@H]2O)[C@@H](O)[C@H](O[C@H]2c3cc(C)c(C(=O)NCCC(=O)O)c(O)c3-c3c(cc4c(c3O)C(=O)c3cc(OC)cc(O)c3C4=O)[C@@H]2O)O[C@@H]1C. The van der Waals surface area contributed by atoms with E-state index < -0.39 is 138 Å². The van der Waals surface area contributed by atoms with Gasteiger partial charge in [0.25, 0.3) is 5.91 Å². The summed E-state index contributed by atoms with van der Waals surface area (Å²) in [4.78, 5) is 52.8. The van der Waals surface area contributed by atoms with E-state index in [1.807, 2.05) is 0 Å². The van der Waals surface area contributed by atoms with Crippen LogP contribution in [0.2, 0.25) is 0 Å². The Hall–Kier alpha value is -5.26. The number of hydrogen-bond acceptors (Lipinski definition) is 18. The van der Waals surface area contributed by atoms with Gasteiger partial charge in [-0.2, -0.15) is 0 Å². The van der Waals surface area contributed by atoms with Gasteiger partial charge in [0.05, 0.1) is 49.0 Å². The molecule has 322 valence electrons. The van der Waals surface area contributed by atoms with Gasteiger partial charge < -0.3 is 80.3 Å². The lowest BCUT2D eigenvalue weighted by atomic mass is 9.74. The lowest BCUT2D eigenvalue weighted by molar-refractivity contribution is -0.339. The number of benzene rings is 3. The molecular formula is C40H44N2O18. The summed E-state index contributed by atoms with van der Waals surface area (Å²) in [7, 11) is 2.81. The molecule has 2 aliphatic carbocycles. The molecule has 0 bridgehead atoms. The largest absolute Gasteiger partial charge is 0.507 e. The number of nitrogens with one attached hydrogen (secondary N) is 2. The van der Waals surface area contributed by atoms with E-state index in [9.17, 15) is 60.0 Å². The van der Waals surface area contributed by atoms with Crippen molar-refractivity contribution in [1.29, 1.82) is 0 Å². The van der Waals surface area contributed by atoms with Crippen molar-refractivity contribution in [3.8, 4) is 34.1 Å². The standard InChI is InChI=1S/C40H44N2O18/c1-12-7-18-25(32(51)22(12)38(55)42-6-5-21(45)46)24-16(10-17-26(33(24)52)29(48)15-8-14(56-4)9-19(43)23(15)28(17)47)30(49)36(18)59-40-35(54)37(27(41-3)13(2)58-40)60-39-34(53)31(50)20(44)11-57-39/h7-10,13,20,27,30-31,34-37,39-41,43-44,49-54H,5-6,11H2,1-4H3,(H,42,55)(H,45,46)/t13-,20-,27+,30+,31+,34-,35-,36+,37+,39+,40+/m1/s1. The third kappa shape index (κ3) is 7.03. The summed E-state index contributed by atoms with van der Waals surface area (Å²) >= 11 is 0. The van der Waals surface area contributed by atoms with Crippen LogP contribution in [0.15, 0.2) is 24.3 Å². The minimum atomic E-state index is -1.88. The normalized spacial score (nSPS) is 29.5. The second-order valence-corrected chi connectivity index (χ2v) is 15.0. The summed E-state index contributed by atoms with van der Waals surface area (Å²) in [6.07, 6.45) is -15.9. The van der Waals surface area contributed by atoms with Crippen molar-refractivity contribution in [2.24, 2.45) is 0 Å². The van der Waals surface area contributed by atoms with Crippen LogP contribution in [-0.4, -0.2) is 152 Å². The number of aliphatic hydroxyl groups is 5. The van der Waals surface area contributed by atoms with Crippen molar-refractivity contribution < 1.29 is 88.8 Å². The van der Waals surface area contributed by atoms with Gasteiger partial charge in [0.2, 0.25) is 0 Å². The number of methoxy groups -OCH3 is 1. The Labute approximate surface area is 340 Å². The van der Waals surface area contributed by atoms with E-state index in [0.29, 0.717) is 0 Å². The summed E-state index contributed by atoms with van der Waals surface area (Å²) in [6, 6.07) is 3.93. The molecule has 3 aromatic rings. The van der Waals surface area contributed by atoms with Gasteiger partial charge in [-0.05, 0) is 49.7 Å². The van der Waals surface area contributed by atoms with Crippen LogP contribution in [0, 0.1) is 6.92 Å². The van der Waals surface area contributed by atoms with Gasteiger partial charge in [-0.25, -0.2) is 0 Å². The second-order valence-electron chi connectivity index (χ2n) is 15.0. The molecule has 11 atom stereocenters. The Kier molecular flexibility index (Phi) is 11.6. The molecule has 7 rings (SSSR count). The third-order valence-corrected chi connectivity index (χ3v) is 11.3. The number of carbonyl (C=O) groups is 4. The van der Waals surface area contributed by atoms with Crippen LogP contribution in [-0.2, 0) is 23.7 Å². The molecule has 0 spiro atoms. The molecule has 0 unspecified atom stereocenters. The van der Waals surface area contributed by atoms with Gasteiger partial charge in [-0.15, -0.1) is 0 Å². The first-order chi connectivity index (χ1) is 28.4. The molecule has 60 heavy (non-hydrogen) atoms. The fourth-order valence-electron chi connectivity index (χ4n) is 8.34. The average Bonchev–Trinajstić information content (AvgIpc) is 3.19. The first kappa shape index (κ1) is 42.8. The van der Waals surface area contributed by atoms with Gasteiger partial charge in [0, 0.05) is 34.9 Å². The van der Waals surface area contributed by atoms with Crippen LogP contribution in [0.25, 0.3) is 11.1 Å². The molecule has 2 fully saturated rings. The molecule has 11 N–H and O–H groups in total. The van der Waals surface area contributed by atoms with E-state index in [4.69, 9.17) is 28.8 Å². The number of fused-ring (bicyclic) bond motifs is 5. The maximum atomic E-state index is 14.1. The Morgan fingerprint density at radius 1 is 0.833 bits per heavy atom. The summed E-state index contributed by atoms with van der Waals surface area (Å²) in [5.41, 5.74) is -3.06. The number of carboxylic acids is 1. The highest BCUT2D eigenvalue weighted by atomic mass is 16.7. The fraction of sp³-hybridized carbons (Fsp3) is 0.450. The second kappa shape index (κ2) is 16.3. The zero-order valence-electron chi connectivity index (χ0n) is 32.5. The highest BCUT2D eigenvalue weighted by Gasteiger charge is 2.51. The average molecular weight is 841 g/mol. The minimum absolute atomic E-state index is 0.0229. The number of likely N-dealkylation sites (N-methyl/N-ethyl adjacent to an activating group) is 1. The van der Waals surface area contributed by atoms with Gasteiger partial charge in [0.1, 0.15) is 65.7 Å². The zero-order valence-corrected chi connectivity index (χ0v) is 32.5. The predicted octanol–water partition coefficient (Wildman–Crippen LogP) is -0.610. The molecule has 3 aromatic carbocycles. The Balaban J connectivity index is 1.35. The zero-order chi connectivity index (χ0) is 43.6. The van der Waals surface area contributed by atoms with Crippen molar-refractivity contribution >= 4 is 23.4 Å². The molecule has 4 aliphatic rings. The summed E-state index contributed by atoms with van der Waals surface area (Å²) in [5.74, 6) is -6.21. The quantitative estimate of drug-likeness (QED) is 0.0949. The Morgan fingerprint density at radius 2 is 1.50 bits per heavy atom. The topological polar surface area (TPSA) is 321 Å². The van der Waals surface area contributed by atoms with Gasteiger partial charge in [-0.3, -0.25) is 19.2 Å². The van der Waals surface area contributed by atoms with Gasteiger partial charge >= 0.3 is 5.97 Å². The number of aliphatic hydroxyl groups excluding tert-OH is 5. The van der Waals surface area contributed by atoms with E-state index in [1.54, 1.807) is 14.0 Å². The highest BCUT2D eigenvalue weighted by molar-refractivity contribution is 6.31. The number of phenolic OH excluding ortho intramolecular Hbond substituents is 3. The number of ether oxygens (including phenoxy) is 5. The number of carboxylic acid groups (broad SMARTS) is 1. The van der Waals surface area contributed by atoms with Crippen molar-refractivity contribution in [2.45, 2.75) is 87.7 Å². The van der Waals surface area contributed by atoms with Crippen LogP contribution < -0.4 is 15.4 Å². The van der Waals surface area contributed by atoms with Crippen LogP contribution in [0.4, 0.5) is 0 Å².